The smallest absolute Gasteiger partial charge is 0.246 e. The lowest BCUT2D eigenvalue weighted by Crippen LogP contribution is -2.35. The van der Waals surface area contributed by atoms with Gasteiger partial charge in [0.05, 0.1) is 13.2 Å². The number of methoxy groups -OCH3 is 1. The van der Waals surface area contributed by atoms with E-state index < -0.39 is 10.0 Å². The molecule has 2 rings (SSSR count). The molecule has 0 atom stereocenters. The standard InChI is InChI=1S/C14H24N2O4S/c1-4-15-10-13-9-14(11(2)20-13)21(17,18)16(7-8-19-3)12-5-6-12/h9,12,15H,4-8,10H2,1-3H3. The lowest BCUT2D eigenvalue weighted by atomic mass is 10.4. The molecule has 1 saturated carbocycles. The minimum atomic E-state index is -3.51. The summed E-state index contributed by atoms with van der Waals surface area (Å²) < 4.78 is 37.8. The predicted molar refractivity (Wildman–Crippen MR) is 79.6 cm³/mol. The van der Waals surface area contributed by atoms with Crippen molar-refractivity contribution in [3.8, 4) is 0 Å². The molecule has 1 N–H and O–H groups in total. The lowest BCUT2D eigenvalue weighted by Gasteiger charge is -2.20. The Balaban J connectivity index is 2.22. The summed E-state index contributed by atoms with van der Waals surface area (Å²) in [6, 6.07) is 1.74. The average Bonchev–Trinajstić information content (AvgIpc) is 3.19. The number of furan rings is 1. The molecule has 1 fully saturated rings. The molecule has 1 aliphatic carbocycles. The van der Waals surface area contributed by atoms with Gasteiger partial charge in [0.25, 0.3) is 0 Å². The van der Waals surface area contributed by atoms with E-state index in [2.05, 4.69) is 5.32 Å². The van der Waals surface area contributed by atoms with Crippen LogP contribution in [0, 0.1) is 6.92 Å². The summed E-state index contributed by atoms with van der Waals surface area (Å²) in [6.45, 7) is 5.82. The molecule has 0 saturated heterocycles. The maximum absolute atomic E-state index is 12.8. The summed E-state index contributed by atoms with van der Waals surface area (Å²) >= 11 is 0. The van der Waals surface area contributed by atoms with Gasteiger partial charge in [-0.05, 0) is 26.3 Å². The van der Waals surface area contributed by atoms with E-state index in [0.29, 0.717) is 31.2 Å². The third kappa shape index (κ3) is 3.85. The minimum absolute atomic E-state index is 0.108. The molecule has 1 aromatic rings. The molecule has 0 spiro atoms. The van der Waals surface area contributed by atoms with Gasteiger partial charge in [0.1, 0.15) is 16.4 Å². The molecule has 1 heterocycles. The van der Waals surface area contributed by atoms with Crippen molar-refractivity contribution >= 4 is 10.0 Å². The third-order valence-electron chi connectivity index (χ3n) is 3.53. The van der Waals surface area contributed by atoms with Crippen LogP contribution < -0.4 is 5.32 Å². The van der Waals surface area contributed by atoms with Crippen molar-refractivity contribution in [3.63, 3.8) is 0 Å². The fourth-order valence-electron chi connectivity index (χ4n) is 2.28. The minimum Gasteiger partial charge on any atom is -0.464 e. The van der Waals surface area contributed by atoms with E-state index >= 15 is 0 Å². The molecule has 0 unspecified atom stereocenters. The molecule has 0 bridgehead atoms. The van der Waals surface area contributed by atoms with Crippen LogP contribution in [-0.4, -0.2) is 45.6 Å². The molecular formula is C14H24N2O4S. The van der Waals surface area contributed by atoms with Crippen LogP contribution in [0.1, 0.15) is 31.3 Å². The second kappa shape index (κ2) is 6.91. The Morgan fingerprint density at radius 3 is 2.76 bits per heavy atom. The first-order chi connectivity index (χ1) is 10.0. The molecule has 1 aliphatic rings. The highest BCUT2D eigenvalue weighted by Crippen LogP contribution is 2.33. The average molecular weight is 316 g/mol. The number of nitrogens with zero attached hydrogens (tertiary/aromatic N) is 1. The highest BCUT2D eigenvalue weighted by atomic mass is 32.2. The zero-order valence-electron chi connectivity index (χ0n) is 12.9. The van der Waals surface area contributed by atoms with Crippen LogP contribution in [0.2, 0.25) is 0 Å². The lowest BCUT2D eigenvalue weighted by molar-refractivity contribution is 0.177. The summed E-state index contributed by atoms with van der Waals surface area (Å²) in [5.74, 6) is 1.10. The summed E-state index contributed by atoms with van der Waals surface area (Å²) in [7, 11) is -1.93. The monoisotopic (exact) mass is 316 g/mol. The number of hydrogen-bond acceptors (Lipinski definition) is 5. The molecule has 7 heteroatoms. The van der Waals surface area contributed by atoms with Crippen molar-refractivity contribution in [1.29, 1.82) is 0 Å². The van der Waals surface area contributed by atoms with Gasteiger partial charge in [0.2, 0.25) is 10.0 Å². The Morgan fingerprint density at radius 1 is 1.48 bits per heavy atom. The van der Waals surface area contributed by atoms with Gasteiger partial charge >= 0.3 is 0 Å². The number of rotatable bonds is 9. The highest BCUT2D eigenvalue weighted by molar-refractivity contribution is 7.89. The quantitative estimate of drug-likeness (QED) is 0.747. The first kappa shape index (κ1) is 16.5. The van der Waals surface area contributed by atoms with Gasteiger partial charge in [-0.3, -0.25) is 0 Å². The third-order valence-corrected chi connectivity index (χ3v) is 5.59. The van der Waals surface area contributed by atoms with Crippen molar-refractivity contribution in [2.45, 2.75) is 44.2 Å². The molecule has 6 nitrogen and oxygen atoms in total. The normalized spacial score (nSPS) is 15.8. The molecular weight excluding hydrogens is 292 g/mol. The van der Waals surface area contributed by atoms with Crippen LogP contribution in [0.5, 0.6) is 0 Å². The molecule has 21 heavy (non-hydrogen) atoms. The van der Waals surface area contributed by atoms with Crippen molar-refractivity contribution in [2.24, 2.45) is 0 Å². The van der Waals surface area contributed by atoms with Gasteiger partial charge in [-0.1, -0.05) is 6.92 Å². The molecule has 0 radical (unpaired) electrons. The van der Waals surface area contributed by atoms with Gasteiger partial charge in [-0.15, -0.1) is 0 Å². The number of ether oxygens (including phenoxy) is 1. The van der Waals surface area contributed by atoms with Crippen LogP contribution in [0.4, 0.5) is 0 Å². The van der Waals surface area contributed by atoms with E-state index in [4.69, 9.17) is 9.15 Å². The van der Waals surface area contributed by atoms with Gasteiger partial charge in [-0.2, -0.15) is 4.31 Å². The zero-order valence-corrected chi connectivity index (χ0v) is 13.7. The first-order valence-electron chi connectivity index (χ1n) is 7.31. The second-order valence-corrected chi connectivity index (χ2v) is 7.11. The van der Waals surface area contributed by atoms with Gasteiger partial charge in [0, 0.05) is 25.8 Å². The topological polar surface area (TPSA) is 71.8 Å². The van der Waals surface area contributed by atoms with Crippen LogP contribution >= 0.6 is 0 Å². The maximum atomic E-state index is 12.8. The fourth-order valence-corrected chi connectivity index (χ4v) is 4.14. The van der Waals surface area contributed by atoms with E-state index in [-0.39, 0.29) is 10.9 Å². The SMILES string of the molecule is CCNCc1cc(S(=O)(=O)N(CCOC)C2CC2)c(C)o1. The summed E-state index contributed by atoms with van der Waals surface area (Å²) in [5.41, 5.74) is 0. The van der Waals surface area contributed by atoms with Gasteiger partial charge in [-0.25, -0.2) is 8.42 Å². The first-order valence-corrected chi connectivity index (χ1v) is 8.75. The Bertz CT molecular complexity index is 564. The summed E-state index contributed by atoms with van der Waals surface area (Å²) in [4.78, 5) is 0.276. The molecule has 0 aliphatic heterocycles. The fraction of sp³-hybridized carbons (Fsp3) is 0.714. The van der Waals surface area contributed by atoms with Crippen molar-refractivity contribution < 1.29 is 17.6 Å². The van der Waals surface area contributed by atoms with E-state index in [1.54, 1.807) is 24.4 Å². The number of sulfonamides is 1. The van der Waals surface area contributed by atoms with Crippen molar-refractivity contribution in [1.82, 2.24) is 9.62 Å². The molecule has 1 aromatic heterocycles. The second-order valence-electron chi connectivity index (χ2n) is 5.25. The Kier molecular flexibility index (Phi) is 5.43. The van der Waals surface area contributed by atoms with E-state index in [9.17, 15) is 8.42 Å². The Labute approximate surface area is 126 Å². The Hall–Kier alpha value is -0.890. The van der Waals surface area contributed by atoms with Crippen LogP contribution in [0.25, 0.3) is 0 Å². The number of hydrogen-bond donors (Lipinski definition) is 1. The van der Waals surface area contributed by atoms with Gasteiger partial charge in [0.15, 0.2) is 0 Å². The predicted octanol–water partition coefficient (Wildman–Crippen LogP) is 1.50. The van der Waals surface area contributed by atoms with Gasteiger partial charge < -0.3 is 14.5 Å². The molecule has 0 aromatic carbocycles. The van der Waals surface area contributed by atoms with Crippen LogP contribution in [0.15, 0.2) is 15.4 Å². The largest absolute Gasteiger partial charge is 0.464 e. The van der Waals surface area contributed by atoms with Crippen LogP contribution in [0.3, 0.4) is 0 Å². The summed E-state index contributed by atoms with van der Waals surface area (Å²) in [6.07, 6.45) is 1.84. The maximum Gasteiger partial charge on any atom is 0.246 e. The van der Waals surface area contributed by atoms with Crippen LogP contribution in [-0.2, 0) is 21.3 Å². The summed E-state index contributed by atoms with van der Waals surface area (Å²) in [5, 5.41) is 3.13. The molecule has 0 amide bonds. The number of aryl methyl sites for hydroxylation is 1. The number of nitrogens with one attached hydrogen (secondary N) is 1. The van der Waals surface area contributed by atoms with E-state index in [1.807, 2.05) is 6.92 Å². The zero-order chi connectivity index (χ0) is 15.5. The van der Waals surface area contributed by atoms with Crippen molar-refractivity contribution in [3.05, 3.63) is 17.6 Å². The highest BCUT2D eigenvalue weighted by Gasteiger charge is 2.39. The Morgan fingerprint density at radius 2 is 2.19 bits per heavy atom. The van der Waals surface area contributed by atoms with E-state index in [1.165, 1.54) is 0 Å². The van der Waals surface area contributed by atoms with E-state index in [0.717, 1.165) is 19.4 Å². The van der Waals surface area contributed by atoms with Crippen molar-refractivity contribution in [2.75, 3.05) is 26.8 Å². The molecule has 120 valence electrons.